The van der Waals surface area contributed by atoms with Crippen molar-refractivity contribution in [3.8, 4) is 5.75 Å². The molecule has 5 nitrogen and oxygen atoms in total. The summed E-state index contributed by atoms with van der Waals surface area (Å²) in [7, 11) is 3.39. The minimum absolute atomic E-state index is 0.0677. The highest BCUT2D eigenvalue weighted by atomic mass is 16.5. The summed E-state index contributed by atoms with van der Waals surface area (Å²) in [6.45, 7) is 2.66. The monoisotopic (exact) mass is 266 g/mol. The Morgan fingerprint density at radius 2 is 1.95 bits per heavy atom. The number of benzene rings is 1. The Labute approximate surface area is 114 Å². The first kappa shape index (κ1) is 15.5. The minimum atomic E-state index is -0.711. The smallest absolute Gasteiger partial charge is 0.224 e. The van der Waals surface area contributed by atoms with E-state index in [1.807, 2.05) is 6.92 Å². The number of carbonyl (C=O) groups is 1. The zero-order valence-electron chi connectivity index (χ0n) is 11.6. The standard InChI is InChI=1S/C14H22N2O3/c1-10(8-15-2)14(18)16-9-13(17)11-4-6-12(19-3)7-5-11/h4-7,10,13,15,17H,8-9H2,1-3H3,(H,16,18). The van der Waals surface area contributed by atoms with Crippen LogP contribution in [0.15, 0.2) is 24.3 Å². The van der Waals surface area contributed by atoms with Gasteiger partial charge in [0.2, 0.25) is 5.91 Å². The summed E-state index contributed by atoms with van der Waals surface area (Å²) in [5, 5.41) is 15.7. The number of hydrogen-bond acceptors (Lipinski definition) is 4. The Morgan fingerprint density at radius 3 is 2.47 bits per heavy atom. The number of ether oxygens (including phenoxy) is 1. The molecule has 0 heterocycles. The largest absolute Gasteiger partial charge is 0.497 e. The topological polar surface area (TPSA) is 70.6 Å². The van der Waals surface area contributed by atoms with E-state index in [-0.39, 0.29) is 18.4 Å². The van der Waals surface area contributed by atoms with Crippen LogP contribution in [0.3, 0.4) is 0 Å². The molecule has 0 saturated heterocycles. The molecule has 0 fully saturated rings. The lowest BCUT2D eigenvalue weighted by molar-refractivity contribution is -0.124. The molecule has 0 radical (unpaired) electrons. The van der Waals surface area contributed by atoms with Crippen LogP contribution in [0.1, 0.15) is 18.6 Å². The number of carbonyl (C=O) groups excluding carboxylic acids is 1. The Kier molecular flexibility index (Phi) is 6.32. The molecule has 0 aliphatic rings. The Bertz CT molecular complexity index is 392. The fourth-order valence-corrected chi connectivity index (χ4v) is 1.71. The van der Waals surface area contributed by atoms with Crippen molar-refractivity contribution in [2.75, 3.05) is 27.2 Å². The van der Waals surface area contributed by atoms with Crippen LogP contribution in [0.5, 0.6) is 5.75 Å². The van der Waals surface area contributed by atoms with Crippen LogP contribution in [0, 0.1) is 5.92 Å². The van der Waals surface area contributed by atoms with Crippen LogP contribution in [0.4, 0.5) is 0 Å². The molecule has 1 rings (SSSR count). The molecule has 0 saturated carbocycles. The molecule has 106 valence electrons. The highest BCUT2D eigenvalue weighted by molar-refractivity contribution is 5.78. The first-order valence-electron chi connectivity index (χ1n) is 6.32. The summed E-state index contributed by atoms with van der Waals surface area (Å²) in [6, 6.07) is 7.13. The van der Waals surface area contributed by atoms with Crippen LogP contribution in [0.25, 0.3) is 0 Å². The fourth-order valence-electron chi connectivity index (χ4n) is 1.71. The summed E-state index contributed by atoms with van der Waals surface area (Å²) in [6.07, 6.45) is -0.711. The molecule has 5 heteroatoms. The molecule has 0 aliphatic heterocycles. The van der Waals surface area contributed by atoms with Gasteiger partial charge in [-0.1, -0.05) is 19.1 Å². The van der Waals surface area contributed by atoms with E-state index in [1.54, 1.807) is 38.4 Å². The first-order valence-corrected chi connectivity index (χ1v) is 6.32. The number of hydrogen-bond donors (Lipinski definition) is 3. The third kappa shape index (κ3) is 4.89. The van der Waals surface area contributed by atoms with Crippen LogP contribution in [-0.2, 0) is 4.79 Å². The SMILES string of the molecule is CNCC(C)C(=O)NCC(O)c1ccc(OC)cc1. The second-order valence-electron chi connectivity index (χ2n) is 4.49. The van der Waals surface area contributed by atoms with E-state index in [4.69, 9.17) is 4.74 Å². The average molecular weight is 266 g/mol. The Hall–Kier alpha value is -1.59. The van der Waals surface area contributed by atoms with E-state index in [1.165, 1.54) is 0 Å². The highest BCUT2D eigenvalue weighted by Gasteiger charge is 2.14. The molecule has 0 aliphatic carbocycles. The van der Waals surface area contributed by atoms with Crippen molar-refractivity contribution in [1.82, 2.24) is 10.6 Å². The van der Waals surface area contributed by atoms with Crippen molar-refractivity contribution < 1.29 is 14.6 Å². The van der Waals surface area contributed by atoms with Crippen LogP contribution < -0.4 is 15.4 Å². The van der Waals surface area contributed by atoms with Crippen LogP contribution in [-0.4, -0.2) is 38.3 Å². The Balaban J connectivity index is 2.45. The molecule has 2 unspecified atom stereocenters. The normalized spacial score (nSPS) is 13.7. The number of aliphatic hydroxyl groups excluding tert-OH is 1. The van der Waals surface area contributed by atoms with Gasteiger partial charge in [0, 0.05) is 19.0 Å². The minimum Gasteiger partial charge on any atom is -0.497 e. The zero-order chi connectivity index (χ0) is 14.3. The van der Waals surface area contributed by atoms with Gasteiger partial charge in [0.05, 0.1) is 13.2 Å². The van der Waals surface area contributed by atoms with E-state index in [0.29, 0.717) is 6.54 Å². The van der Waals surface area contributed by atoms with E-state index < -0.39 is 6.10 Å². The van der Waals surface area contributed by atoms with Crippen molar-refractivity contribution in [3.63, 3.8) is 0 Å². The van der Waals surface area contributed by atoms with Gasteiger partial charge >= 0.3 is 0 Å². The molecule has 19 heavy (non-hydrogen) atoms. The van der Waals surface area contributed by atoms with E-state index in [0.717, 1.165) is 11.3 Å². The van der Waals surface area contributed by atoms with Crippen molar-refractivity contribution in [2.45, 2.75) is 13.0 Å². The third-order valence-corrected chi connectivity index (χ3v) is 2.93. The number of methoxy groups -OCH3 is 1. The van der Waals surface area contributed by atoms with Crippen molar-refractivity contribution in [2.24, 2.45) is 5.92 Å². The van der Waals surface area contributed by atoms with Gasteiger partial charge in [-0.05, 0) is 24.7 Å². The summed E-state index contributed by atoms with van der Waals surface area (Å²) < 4.78 is 5.05. The maximum Gasteiger partial charge on any atom is 0.224 e. The first-order chi connectivity index (χ1) is 9.08. The molecule has 0 spiro atoms. The summed E-state index contributed by atoms with van der Waals surface area (Å²) >= 11 is 0. The molecular weight excluding hydrogens is 244 g/mol. The summed E-state index contributed by atoms with van der Waals surface area (Å²) in [5.74, 6) is 0.553. The lowest BCUT2D eigenvalue weighted by Crippen LogP contribution is -2.36. The number of amides is 1. The van der Waals surface area contributed by atoms with Gasteiger partial charge in [-0.25, -0.2) is 0 Å². The summed E-state index contributed by atoms with van der Waals surface area (Å²) in [5.41, 5.74) is 0.752. The van der Waals surface area contributed by atoms with Gasteiger partial charge in [0.1, 0.15) is 5.75 Å². The van der Waals surface area contributed by atoms with Crippen LogP contribution in [0.2, 0.25) is 0 Å². The lowest BCUT2D eigenvalue weighted by atomic mass is 10.1. The van der Waals surface area contributed by atoms with E-state index in [9.17, 15) is 9.90 Å². The van der Waals surface area contributed by atoms with Crippen LogP contribution >= 0.6 is 0 Å². The Morgan fingerprint density at radius 1 is 1.32 bits per heavy atom. The molecule has 1 aromatic rings. The number of nitrogens with one attached hydrogen (secondary N) is 2. The van der Waals surface area contributed by atoms with Gasteiger partial charge in [-0.15, -0.1) is 0 Å². The van der Waals surface area contributed by atoms with Crippen molar-refractivity contribution in [1.29, 1.82) is 0 Å². The van der Waals surface area contributed by atoms with Crippen molar-refractivity contribution in [3.05, 3.63) is 29.8 Å². The number of aliphatic hydroxyl groups is 1. The summed E-state index contributed by atoms with van der Waals surface area (Å²) in [4.78, 5) is 11.7. The molecular formula is C14H22N2O3. The van der Waals surface area contributed by atoms with Gasteiger partial charge in [-0.3, -0.25) is 4.79 Å². The van der Waals surface area contributed by atoms with E-state index >= 15 is 0 Å². The molecule has 0 aromatic heterocycles. The van der Waals surface area contributed by atoms with Gasteiger partial charge in [0.15, 0.2) is 0 Å². The van der Waals surface area contributed by atoms with Gasteiger partial charge < -0.3 is 20.5 Å². The predicted octanol–water partition coefficient (Wildman–Crippen LogP) is 0.700. The van der Waals surface area contributed by atoms with Gasteiger partial charge in [0.25, 0.3) is 0 Å². The molecule has 1 amide bonds. The molecule has 3 N–H and O–H groups in total. The predicted molar refractivity (Wildman–Crippen MR) is 74.1 cm³/mol. The molecule has 0 bridgehead atoms. The van der Waals surface area contributed by atoms with E-state index in [2.05, 4.69) is 10.6 Å². The number of rotatable bonds is 7. The lowest BCUT2D eigenvalue weighted by Gasteiger charge is -2.15. The highest BCUT2D eigenvalue weighted by Crippen LogP contribution is 2.16. The maximum absolute atomic E-state index is 11.7. The average Bonchev–Trinajstić information content (AvgIpc) is 2.44. The third-order valence-electron chi connectivity index (χ3n) is 2.93. The molecule has 1 aromatic carbocycles. The molecule has 2 atom stereocenters. The maximum atomic E-state index is 11.7. The quantitative estimate of drug-likeness (QED) is 0.679. The fraction of sp³-hybridized carbons (Fsp3) is 0.500. The second kappa shape index (κ2) is 7.76. The van der Waals surface area contributed by atoms with Gasteiger partial charge in [-0.2, -0.15) is 0 Å². The second-order valence-corrected chi connectivity index (χ2v) is 4.49. The zero-order valence-corrected chi connectivity index (χ0v) is 11.6. The van der Waals surface area contributed by atoms with Crippen molar-refractivity contribution >= 4 is 5.91 Å².